The second-order valence-electron chi connectivity index (χ2n) is 10.2. The Bertz CT molecular complexity index is 1520. The van der Waals surface area contributed by atoms with Gasteiger partial charge >= 0.3 is 18.2 Å². The molecule has 0 bridgehead atoms. The number of benzene rings is 3. The van der Waals surface area contributed by atoms with Crippen LogP contribution in [0.4, 0.5) is 29.3 Å². The number of halogens is 3. The monoisotopic (exact) mass is 611 g/mol. The predicted molar refractivity (Wildman–Crippen MR) is 159 cm³/mol. The van der Waals surface area contributed by atoms with Crippen molar-refractivity contribution in [2.24, 2.45) is 0 Å². The third kappa shape index (κ3) is 8.38. The number of alkyl halides is 3. The number of hydrogen-bond acceptors (Lipinski definition) is 5. The van der Waals surface area contributed by atoms with Gasteiger partial charge in [0.15, 0.2) is 6.10 Å². The van der Waals surface area contributed by atoms with E-state index in [0.717, 1.165) is 43.4 Å². The highest BCUT2D eigenvalue weighted by Gasteiger charge is 2.32. The van der Waals surface area contributed by atoms with Gasteiger partial charge < -0.3 is 25.6 Å². The van der Waals surface area contributed by atoms with Crippen LogP contribution in [0, 0.1) is 0 Å². The Morgan fingerprint density at radius 1 is 1.00 bits per heavy atom. The molecule has 3 amide bonds. The quantitative estimate of drug-likeness (QED) is 0.220. The number of rotatable bonds is 10. The van der Waals surface area contributed by atoms with Crippen LogP contribution in [0.2, 0.25) is 0 Å². The summed E-state index contributed by atoms with van der Waals surface area (Å²) in [5.41, 5.74) is 2.46. The van der Waals surface area contributed by atoms with E-state index in [-0.39, 0.29) is 23.5 Å². The van der Waals surface area contributed by atoms with Crippen molar-refractivity contribution < 1.29 is 42.5 Å². The molecular formula is C32H32F3N3O6. The van der Waals surface area contributed by atoms with Crippen LogP contribution in [-0.4, -0.2) is 47.9 Å². The molecule has 0 spiro atoms. The van der Waals surface area contributed by atoms with Crippen molar-refractivity contribution in [3.8, 4) is 5.75 Å². The van der Waals surface area contributed by atoms with Gasteiger partial charge in [0.1, 0.15) is 5.75 Å². The number of nitrogens with zero attached hydrogens (tertiary/aromatic N) is 1. The molecule has 0 aromatic heterocycles. The predicted octanol–water partition coefficient (Wildman–Crippen LogP) is 6.09. The van der Waals surface area contributed by atoms with E-state index >= 15 is 0 Å². The van der Waals surface area contributed by atoms with E-state index in [1.807, 2.05) is 12.1 Å². The number of carbonyl (C=O) groups is 3. The summed E-state index contributed by atoms with van der Waals surface area (Å²) in [7, 11) is 1.23. The van der Waals surface area contributed by atoms with E-state index in [1.165, 1.54) is 35.8 Å². The van der Waals surface area contributed by atoms with Crippen LogP contribution in [0.15, 0.2) is 72.8 Å². The number of hydrogen-bond donors (Lipinski definition) is 4. The van der Waals surface area contributed by atoms with Gasteiger partial charge in [-0.25, -0.2) is 9.59 Å². The number of nitrogens with one attached hydrogen (secondary N) is 2. The summed E-state index contributed by atoms with van der Waals surface area (Å²) in [5.74, 6) is -2.14. The minimum atomic E-state index is -4.66. The zero-order valence-corrected chi connectivity index (χ0v) is 23.9. The van der Waals surface area contributed by atoms with Gasteiger partial charge in [0.05, 0.1) is 25.8 Å². The molecule has 1 aliphatic rings. The molecule has 4 rings (SSSR count). The lowest BCUT2D eigenvalue weighted by atomic mass is 9.93. The number of urea groups is 1. The number of aliphatic hydroxyl groups excluding tert-OH is 1. The summed E-state index contributed by atoms with van der Waals surface area (Å²) < 4.78 is 45.5. The van der Waals surface area contributed by atoms with E-state index in [9.17, 15) is 32.7 Å². The first-order valence-corrected chi connectivity index (χ1v) is 13.9. The van der Waals surface area contributed by atoms with E-state index < -0.39 is 42.3 Å². The van der Waals surface area contributed by atoms with E-state index in [4.69, 9.17) is 9.84 Å². The molecule has 0 radical (unpaired) electrons. The fourth-order valence-corrected chi connectivity index (χ4v) is 4.70. The van der Waals surface area contributed by atoms with Gasteiger partial charge in [-0.2, -0.15) is 13.2 Å². The Kier molecular flexibility index (Phi) is 10.3. The van der Waals surface area contributed by atoms with Crippen molar-refractivity contribution in [1.82, 2.24) is 5.32 Å². The number of carbonyl (C=O) groups excluding carboxylic acids is 2. The Labute approximate surface area is 252 Å². The molecule has 1 aliphatic carbocycles. The molecule has 1 atom stereocenters. The maximum Gasteiger partial charge on any atom is 0.416 e. The Morgan fingerprint density at radius 3 is 2.30 bits per heavy atom. The normalized spacial score (nSPS) is 13.8. The summed E-state index contributed by atoms with van der Waals surface area (Å²) in [6.45, 7) is -0.472. The zero-order valence-electron chi connectivity index (χ0n) is 23.9. The highest BCUT2D eigenvalue weighted by molar-refractivity contribution is 6.02. The van der Waals surface area contributed by atoms with Crippen LogP contribution in [0.1, 0.15) is 52.7 Å². The molecule has 12 heteroatoms. The summed E-state index contributed by atoms with van der Waals surface area (Å²) in [4.78, 5) is 38.1. The lowest BCUT2D eigenvalue weighted by molar-refractivity contribution is -0.146. The van der Waals surface area contributed by atoms with Crippen LogP contribution in [0.25, 0.3) is 5.57 Å². The number of anilines is 2. The molecule has 0 aliphatic heterocycles. The maximum absolute atomic E-state index is 13.6. The third-order valence-electron chi connectivity index (χ3n) is 7.10. The van der Waals surface area contributed by atoms with Gasteiger partial charge in [-0.15, -0.1) is 0 Å². The molecule has 3 aromatic carbocycles. The molecule has 3 aromatic rings. The Hall–Kier alpha value is -4.84. The first-order valence-electron chi connectivity index (χ1n) is 13.9. The number of methoxy groups -OCH3 is 1. The summed E-state index contributed by atoms with van der Waals surface area (Å²) in [5, 5.41) is 23.0. The van der Waals surface area contributed by atoms with Crippen LogP contribution >= 0.6 is 0 Å². The van der Waals surface area contributed by atoms with Gasteiger partial charge in [-0.3, -0.25) is 9.69 Å². The minimum Gasteiger partial charge on any atom is -0.497 e. The number of allylic oxidation sites excluding steroid dienone is 2. The van der Waals surface area contributed by atoms with Crippen molar-refractivity contribution in [3.63, 3.8) is 0 Å². The molecular weight excluding hydrogens is 579 g/mol. The fraction of sp³-hybridized carbons (Fsp3) is 0.281. The number of aliphatic hydroxyl groups is 1. The lowest BCUT2D eigenvalue weighted by Crippen LogP contribution is -2.36. The molecule has 0 saturated heterocycles. The van der Waals surface area contributed by atoms with Crippen molar-refractivity contribution in [3.05, 3.63) is 95.1 Å². The van der Waals surface area contributed by atoms with E-state index in [0.29, 0.717) is 11.3 Å². The first kappa shape index (κ1) is 32.1. The smallest absolute Gasteiger partial charge is 0.416 e. The average molecular weight is 612 g/mol. The maximum atomic E-state index is 13.6. The summed E-state index contributed by atoms with van der Waals surface area (Å²) in [6.07, 6.45) is -0.0163. The van der Waals surface area contributed by atoms with Crippen LogP contribution < -0.4 is 20.3 Å². The molecule has 9 nitrogen and oxygen atoms in total. The fourth-order valence-electron chi connectivity index (χ4n) is 4.70. The van der Waals surface area contributed by atoms with Gasteiger partial charge in [0.2, 0.25) is 0 Å². The minimum absolute atomic E-state index is 0.00357. The molecule has 232 valence electrons. The number of aliphatic carboxylic acids is 1. The molecule has 0 unspecified atom stereocenters. The standard InChI is InChI=1S/C32H32F3N3O6/c1-44-27-16-24(32(33,34)35)15-25(17-27)37-31(43)38(26-13-11-22(12-14-26)21-5-3-2-4-6-21)19-20-7-9-23(10-8-20)29(40)36-18-28(39)30(41)42/h5,7-17,28,39H,2-4,6,18-19H2,1H3,(H,36,40)(H,37,43)(H,41,42)/t28-/m1/s1. The number of ether oxygens (including phenoxy) is 1. The molecule has 0 fully saturated rings. The van der Waals surface area contributed by atoms with Crippen LogP contribution in [0.5, 0.6) is 5.75 Å². The first-order chi connectivity index (χ1) is 20.9. The highest BCUT2D eigenvalue weighted by atomic mass is 19.4. The molecule has 0 heterocycles. The van der Waals surface area contributed by atoms with Crippen LogP contribution in [-0.2, 0) is 17.5 Å². The summed E-state index contributed by atoms with van der Waals surface area (Å²) in [6, 6.07) is 15.7. The average Bonchev–Trinajstić information content (AvgIpc) is 3.02. The zero-order chi connectivity index (χ0) is 31.9. The van der Waals surface area contributed by atoms with Crippen molar-refractivity contribution >= 4 is 34.9 Å². The molecule has 0 saturated carbocycles. The second kappa shape index (κ2) is 14.1. The van der Waals surface area contributed by atoms with E-state index in [2.05, 4.69) is 16.7 Å². The second-order valence-corrected chi connectivity index (χ2v) is 10.2. The van der Waals surface area contributed by atoms with Gasteiger partial charge in [-0.05, 0) is 78.8 Å². The highest BCUT2D eigenvalue weighted by Crippen LogP contribution is 2.35. The lowest BCUT2D eigenvalue weighted by Gasteiger charge is -2.25. The SMILES string of the molecule is COc1cc(NC(=O)N(Cc2ccc(C(=O)NC[C@@H](O)C(=O)O)cc2)c2ccc(C3=CCCCC3)cc2)cc(C(F)(F)F)c1. The third-order valence-corrected chi connectivity index (χ3v) is 7.10. The van der Waals surface area contributed by atoms with Crippen LogP contribution in [0.3, 0.4) is 0 Å². The Balaban J connectivity index is 1.59. The largest absolute Gasteiger partial charge is 0.497 e. The number of carboxylic acid groups (broad SMARTS) is 1. The van der Waals surface area contributed by atoms with Gasteiger partial charge in [0.25, 0.3) is 5.91 Å². The molecule has 44 heavy (non-hydrogen) atoms. The Morgan fingerprint density at radius 2 is 1.70 bits per heavy atom. The van der Waals surface area contributed by atoms with Gasteiger partial charge in [0, 0.05) is 23.0 Å². The topological polar surface area (TPSA) is 128 Å². The van der Waals surface area contributed by atoms with Crippen molar-refractivity contribution in [1.29, 1.82) is 0 Å². The van der Waals surface area contributed by atoms with E-state index in [1.54, 1.807) is 24.3 Å². The van der Waals surface area contributed by atoms with Crippen molar-refractivity contribution in [2.45, 2.75) is 44.5 Å². The van der Waals surface area contributed by atoms with Crippen molar-refractivity contribution in [2.75, 3.05) is 23.9 Å². The number of amides is 3. The summed E-state index contributed by atoms with van der Waals surface area (Å²) >= 11 is 0. The van der Waals surface area contributed by atoms with Gasteiger partial charge in [-0.1, -0.05) is 30.3 Å². The number of carboxylic acids is 1. The molecule has 4 N–H and O–H groups in total.